The molecule has 5 nitrogen and oxygen atoms in total. The summed E-state index contributed by atoms with van der Waals surface area (Å²) in [5.41, 5.74) is 4.41. The number of aryl methyl sites for hydroxylation is 1. The maximum Gasteiger partial charge on any atom is 0.257 e. The zero-order valence-electron chi connectivity index (χ0n) is 15.4. The first-order chi connectivity index (χ1) is 11.9. The molecule has 1 amide bonds. The molecule has 3 rings (SSSR count). The molecule has 1 N–H and O–H groups in total. The first kappa shape index (κ1) is 17.1. The van der Waals surface area contributed by atoms with E-state index >= 15 is 0 Å². The van der Waals surface area contributed by atoms with Gasteiger partial charge in [0.2, 0.25) is 0 Å². The van der Waals surface area contributed by atoms with Crippen molar-refractivity contribution in [1.29, 1.82) is 0 Å². The van der Waals surface area contributed by atoms with E-state index in [0.29, 0.717) is 11.5 Å². The van der Waals surface area contributed by atoms with Gasteiger partial charge in [-0.1, -0.05) is 32.0 Å². The van der Waals surface area contributed by atoms with Crippen molar-refractivity contribution in [3.8, 4) is 0 Å². The van der Waals surface area contributed by atoms with Crippen LogP contribution >= 0.6 is 0 Å². The summed E-state index contributed by atoms with van der Waals surface area (Å²) in [4.78, 5) is 17.2. The van der Waals surface area contributed by atoms with Crippen LogP contribution in [0.25, 0.3) is 11.0 Å². The van der Waals surface area contributed by atoms with E-state index in [1.165, 1.54) is 0 Å². The van der Waals surface area contributed by atoms with Crippen molar-refractivity contribution < 1.29 is 4.79 Å². The van der Waals surface area contributed by atoms with E-state index in [9.17, 15) is 4.79 Å². The van der Waals surface area contributed by atoms with Gasteiger partial charge in [-0.2, -0.15) is 5.10 Å². The number of carbonyl (C=O) groups is 1. The average Bonchev–Trinajstić information content (AvgIpc) is 2.99. The van der Waals surface area contributed by atoms with Gasteiger partial charge in [0, 0.05) is 23.3 Å². The van der Waals surface area contributed by atoms with Crippen LogP contribution in [-0.2, 0) is 0 Å². The van der Waals surface area contributed by atoms with Crippen molar-refractivity contribution in [1.82, 2.24) is 14.8 Å². The van der Waals surface area contributed by atoms with Gasteiger partial charge in [0.1, 0.15) is 0 Å². The maximum absolute atomic E-state index is 12.7. The van der Waals surface area contributed by atoms with E-state index < -0.39 is 0 Å². The Hall–Kier alpha value is -2.69. The van der Waals surface area contributed by atoms with Gasteiger partial charge in [0.25, 0.3) is 5.91 Å². The molecule has 0 atom stereocenters. The zero-order valence-corrected chi connectivity index (χ0v) is 15.4. The summed E-state index contributed by atoms with van der Waals surface area (Å²) in [6.07, 6.45) is 3.37. The largest absolute Gasteiger partial charge is 0.321 e. The molecule has 3 aromatic rings. The van der Waals surface area contributed by atoms with Gasteiger partial charge in [-0.3, -0.25) is 4.79 Å². The number of anilines is 1. The number of amides is 1. The highest BCUT2D eigenvalue weighted by Gasteiger charge is 2.15. The first-order valence-corrected chi connectivity index (χ1v) is 8.62. The predicted octanol–water partition coefficient (Wildman–Crippen LogP) is 4.70. The second-order valence-electron chi connectivity index (χ2n) is 6.97. The molecule has 2 aromatic heterocycles. The molecule has 5 heteroatoms. The van der Waals surface area contributed by atoms with Gasteiger partial charge in [0.05, 0.1) is 11.8 Å². The molecule has 0 aliphatic heterocycles. The van der Waals surface area contributed by atoms with Gasteiger partial charge in [-0.25, -0.2) is 9.67 Å². The SMILES string of the molecule is Cc1cccc(C(C)C)c1NC(=O)c1cnc2c(cnn2C(C)C)c1. The minimum Gasteiger partial charge on any atom is -0.321 e. The summed E-state index contributed by atoms with van der Waals surface area (Å²) in [5, 5.41) is 8.29. The molecule has 0 saturated heterocycles. The number of carbonyl (C=O) groups excluding carboxylic acids is 1. The number of benzene rings is 1. The minimum absolute atomic E-state index is 0.150. The number of hydrogen-bond acceptors (Lipinski definition) is 3. The van der Waals surface area contributed by atoms with Crippen molar-refractivity contribution in [2.75, 3.05) is 5.32 Å². The highest BCUT2D eigenvalue weighted by molar-refractivity contribution is 6.06. The summed E-state index contributed by atoms with van der Waals surface area (Å²) in [6.45, 7) is 10.4. The Bertz CT molecular complexity index is 925. The molecule has 130 valence electrons. The Labute approximate surface area is 148 Å². The molecule has 0 bridgehead atoms. The molecule has 0 radical (unpaired) electrons. The topological polar surface area (TPSA) is 59.8 Å². The van der Waals surface area contributed by atoms with Gasteiger partial charge < -0.3 is 5.32 Å². The zero-order chi connectivity index (χ0) is 18.1. The number of aromatic nitrogens is 3. The standard InChI is InChI=1S/C20H24N4O/c1-12(2)17-8-6-7-14(5)18(17)23-20(25)16-9-15-11-22-24(13(3)4)19(15)21-10-16/h6-13H,1-5H3,(H,23,25). The summed E-state index contributed by atoms with van der Waals surface area (Å²) in [6, 6.07) is 8.16. The summed E-state index contributed by atoms with van der Waals surface area (Å²) < 4.78 is 1.86. The van der Waals surface area contributed by atoms with Crippen LogP contribution in [0.1, 0.15) is 61.1 Å². The molecule has 0 fully saturated rings. The third-order valence-corrected chi connectivity index (χ3v) is 4.35. The van der Waals surface area contributed by atoms with Crippen molar-refractivity contribution >= 4 is 22.6 Å². The van der Waals surface area contributed by atoms with Gasteiger partial charge in [-0.15, -0.1) is 0 Å². The van der Waals surface area contributed by atoms with E-state index in [1.54, 1.807) is 12.4 Å². The lowest BCUT2D eigenvalue weighted by Gasteiger charge is -2.16. The quantitative estimate of drug-likeness (QED) is 0.751. The minimum atomic E-state index is -0.150. The fourth-order valence-corrected chi connectivity index (χ4v) is 2.97. The van der Waals surface area contributed by atoms with E-state index in [1.807, 2.05) is 29.8 Å². The highest BCUT2D eigenvalue weighted by atomic mass is 16.1. The smallest absolute Gasteiger partial charge is 0.257 e. The molecule has 2 heterocycles. The highest BCUT2D eigenvalue weighted by Crippen LogP contribution is 2.28. The lowest BCUT2D eigenvalue weighted by atomic mass is 9.98. The molecule has 25 heavy (non-hydrogen) atoms. The molecule has 0 aliphatic rings. The second-order valence-corrected chi connectivity index (χ2v) is 6.97. The number of fused-ring (bicyclic) bond motifs is 1. The van der Waals surface area contributed by atoms with Crippen LogP contribution in [0.2, 0.25) is 0 Å². The monoisotopic (exact) mass is 336 g/mol. The van der Waals surface area contributed by atoms with Crippen molar-refractivity contribution in [2.45, 2.75) is 46.6 Å². The van der Waals surface area contributed by atoms with E-state index in [2.05, 4.69) is 49.2 Å². The molecule has 0 unspecified atom stereocenters. The van der Waals surface area contributed by atoms with E-state index in [4.69, 9.17) is 0 Å². The van der Waals surface area contributed by atoms with E-state index in [0.717, 1.165) is 27.8 Å². The lowest BCUT2D eigenvalue weighted by Crippen LogP contribution is -2.15. The van der Waals surface area contributed by atoms with Crippen LogP contribution < -0.4 is 5.32 Å². The summed E-state index contributed by atoms with van der Waals surface area (Å²) in [7, 11) is 0. The Kier molecular flexibility index (Phi) is 4.57. The van der Waals surface area contributed by atoms with Crippen LogP contribution in [0.5, 0.6) is 0 Å². The van der Waals surface area contributed by atoms with Crippen LogP contribution in [-0.4, -0.2) is 20.7 Å². The van der Waals surface area contributed by atoms with Crippen LogP contribution in [0.4, 0.5) is 5.69 Å². The molecular weight excluding hydrogens is 312 g/mol. The van der Waals surface area contributed by atoms with Crippen LogP contribution in [0.3, 0.4) is 0 Å². The van der Waals surface area contributed by atoms with Crippen molar-refractivity contribution in [3.63, 3.8) is 0 Å². The third kappa shape index (κ3) is 3.27. The predicted molar refractivity (Wildman–Crippen MR) is 101 cm³/mol. The van der Waals surface area contributed by atoms with Gasteiger partial charge in [0.15, 0.2) is 5.65 Å². The Balaban J connectivity index is 1.93. The fourth-order valence-electron chi connectivity index (χ4n) is 2.97. The number of nitrogens with zero attached hydrogens (tertiary/aromatic N) is 3. The van der Waals surface area contributed by atoms with Crippen LogP contribution in [0.15, 0.2) is 36.7 Å². The first-order valence-electron chi connectivity index (χ1n) is 8.62. The number of para-hydroxylation sites is 1. The number of pyridine rings is 1. The van der Waals surface area contributed by atoms with Crippen LogP contribution in [0, 0.1) is 6.92 Å². The average molecular weight is 336 g/mol. The lowest BCUT2D eigenvalue weighted by molar-refractivity contribution is 0.102. The molecular formula is C20H24N4O. The third-order valence-electron chi connectivity index (χ3n) is 4.35. The number of hydrogen-bond donors (Lipinski definition) is 1. The number of nitrogens with one attached hydrogen (secondary N) is 1. The Morgan fingerprint density at radius 3 is 2.60 bits per heavy atom. The molecule has 1 aromatic carbocycles. The van der Waals surface area contributed by atoms with Crippen molar-refractivity contribution in [3.05, 3.63) is 53.3 Å². The van der Waals surface area contributed by atoms with Gasteiger partial charge >= 0.3 is 0 Å². The fraction of sp³-hybridized carbons (Fsp3) is 0.350. The summed E-state index contributed by atoms with van der Waals surface area (Å²) >= 11 is 0. The molecule has 0 spiro atoms. The number of rotatable bonds is 4. The second kappa shape index (κ2) is 6.67. The normalized spacial score (nSPS) is 11.5. The van der Waals surface area contributed by atoms with Gasteiger partial charge in [-0.05, 0) is 43.9 Å². The molecule has 0 aliphatic carbocycles. The Morgan fingerprint density at radius 1 is 1.16 bits per heavy atom. The van der Waals surface area contributed by atoms with Crippen molar-refractivity contribution in [2.24, 2.45) is 0 Å². The maximum atomic E-state index is 12.7. The Morgan fingerprint density at radius 2 is 1.92 bits per heavy atom. The molecule has 0 saturated carbocycles. The summed E-state index contributed by atoms with van der Waals surface area (Å²) in [5.74, 6) is 0.183. The van der Waals surface area contributed by atoms with E-state index in [-0.39, 0.29) is 11.9 Å².